The molecule has 5 nitrogen and oxygen atoms in total. The van der Waals surface area contributed by atoms with Crippen LogP contribution in [0.25, 0.3) is 0 Å². The van der Waals surface area contributed by atoms with Gasteiger partial charge in [0.15, 0.2) is 0 Å². The molecule has 0 unspecified atom stereocenters. The monoisotopic (exact) mass is 522 g/mol. The van der Waals surface area contributed by atoms with Crippen molar-refractivity contribution in [3.05, 3.63) is 0 Å². The Balaban J connectivity index is 1.48. The first kappa shape index (κ1) is 29.8. The second-order valence-corrected chi connectivity index (χ2v) is 15.8. The molecule has 4 rings (SSSR count). The number of rotatable bonds is 9. The molecular weight excluding hydrogens is 464 g/mol. The minimum Gasteiger partial charge on any atom is -0.396 e. The molecule has 37 heavy (non-hydrogen) atoms. The van der Waals surface area contributed by atoms with Crippen molar-refractivity contribution >= 4 is 0 Å². The molecule has 0 radical (unpaired) electrons. The molecule has 4 N–H and O–H groups in total. The second kappa shape index (κ2) is 10.3. The molecule has 0 saturated heterocycles. The highest BCUT2D eigenvalue weighted by atomic mass is 16.5. The summed E-state index contributed by atoms with van der Waals surface area (Å²) in [5.74, 6) is 3.02. The van der Waals surface area contributed by atoms with Crippen LogP contribution in [0.5, 0.6) is 0 Å². The van der Waals surface area contributed by atoms with Crippen LogP contribution >= 0.6 is 0 Å². The normalized spacial score (nSPS) is 45.2. The van der Waals surface area contributed by atoms with Gasteiger partial charge >= 0.3 is 0 Å². The number of aliphatic hydroxyl groups is 4. The molecule has 0 aromatic carbocycles. The lowest BCUT2D eigenvalue weighted by atomic mass is 9.39. The van der Waals surface area contributed by atoms with E-state index in [-0.39, 0.29) is 37.3 Å². The predicted molar refractivity (Wildman–Crippen MR) is 148 cm³/mol. The van der Waals surface area contributed by atoms with Crippen molar-refractivity contribution in [3.8, 4) is 0 Å². The molecule has 4 aliphatic carbocycles. The third-order valence-corrected chi connectivity index (χ3v) is 12.7. The predicted octanol–water partition coefficient (Wildman–Crippen LogP) is 5.57. The maximum atomic E-state index is 11.6. The summed E-state index contributed by atoms with van der Waals surface area (Å²) >= 11 is 0. The van der Waals surface area contributed by atoms with Crippen LogP contribution in [-0.4, -0.2) is 58.1 Å². The standard InChI is InChI=1S/C32H58O5/c1-21(10-14-28(2,3)36)22-8-9-25-30(22,5)17-13-26-31(6)16-12-24(37-20-29(4,18-33)19-34)27(35)23(31)11-15-32(25,26)7/h21-27,33-36H,8-20H2,1-7H3/t21-,22-,23+,24+,25-,26-,27-,30-,31+,32+/m1/s1. The van der Waals surface area contributed by atoms with Gasteiger partial charge in [-0.1, -0.05) is 34.6 Å². The van der Waals surface area contributed by atoms with Crippen LogP contribution in [0.4, 0.5) is 0 Å². The molecule has 5 heteroatoms. The van der Waals surface area contributed by atoms with Crippen molar-refractivity contribution in [3.63, 3.8) is 0 Å². The topological polar surface area (TPSA) is 90.2 Å². The fourth-order valence-electron chi connectivity index (χ4n) is 10.4. The minimum atomic E-state index is -0.664. The lowest BCUT2D eigenvalue weighted by Crippen LogP contribution is -2.62. The van der Waals surface area contributed by atoms with Gasteiger partial charge < -0.3 is 25.2 Å². The Morgan fingerprint density at radius 3 is 2.05 bits per heavy atom. The fraction of sp³-hybridized carbons (Fsp3) is 1.00. The Labute approximate surface area is 226 Å². The van der Waals surface area contributed by atoms with Gasteiger partial charge in [0.05, 0.1) is 37.6 Å². The molecular formula is C32H58O5. The van der Waals surface area contributed by atoms with E-state index in [9.17, 15) is 20.4 Å². The maximum Gasteiger partial charge on any atom is 0.0837 e. The minimum absolute atomic E-state index is 0.120. The van der Waals surface area contributed by atoms with Gasteiger partial charge in [0, 0.05) is 5.41 Å². The van der Waals surface area contributed by atoms with Crippen molar-refractivity contribution in [2.45, 2.75) is 130 Å². The van der Waals surface area contributed by atoms with E-state index in [0.29, 0.717) is 22.7 Å². The van der Waals surface area contributed by atoms with E-state index < -0.39 is 17.1 Å². The Hall–Kier alpha value is -0.200. The Kier molecular flexibility index (Phi) is 8.31. The van der Waals surface area contributed by atoms with E-state index in [1.807, 2.05) is 20.8 Å². The van der Waals surface area contributed by atoms with E-state index in [0.717, 1.165) is 43.9 Å². The van der Waals surface area contributed by atoms with E-state index in [2.05, 4.69) is 27.7 Å². The quantitative estimate of drug-likeness (QED) is 0.318. The molecule has 4 saturated carbocycles. The zero-order chi connectivity index (χ0) is 27.4. The Morgan fingerprint density at radius 1 is 0.838 bits per heavy atom. The average molecular weight is 523 g/mol. The van der Waals surface area contributed by atoms with Crippen LogP contribution in [-0.2, 0) is 4.74 Å². The van der Waals surface area contributed by atoms with Crippen LogP contribution in [0.2, 0.25) is 0 Å². The number of hydrogen-bond donors (Lipinski definition) is 4. The maximum absolute atomic E-state index is 11.6. The summed E-state index contributed by atoms with van der Waals surface area (Å²) < 4.78 is 6.18. The summed E-state index contributed by atoms with van der Waals surface area (Å²) in [5, 5.41) is 41.2. The van der Waals surface area contributed by atoms with Crippen LogP contribution in [0, 0.1) is 51.2 Å². The van der Waals surface area contributed by atoms with Gasteiger partial charge in [-0.2, -0.15) is 0 Å². The summed E-state index contributed by atoms with van der Waals surface area (Å²) in [6, 6.07) is 0. The van der Waals surface area contributed by atoms with Gasteiger partial charge in [-0.15, -0.1) is 0 Å². The first-order chi connectivity index (χ1) is 17.1. The van der Waals surface area contributed by atoms with Crippen LogP contribution in [0.1, 0.15) is 113 Å². The highest BCUT2D eigenvalue weighted by Gasteiger charge is 2.66. The summed E-state index contributed by atoms with van der Waals surface area (Å²) in [4.78, 5) is 0. The van der Waals surface area contributed by atoms with Gasteiger partial charge in [-0.05, 0) is 124 Å². The first-order valence-corrected chi connectivity index (χ1v) is 15.4. The lowest BCUT2D eigenvalue weighted by Gasteiger charge is -2.67. The zero-order valence-electron chi connectivity index (χ0n) is 24.9. The van der Waals surface area contributed by atoms with Crippen molar-refractivity contribution in [1.29, 1.82) is 0 Å². The third kappa shape index (κ3) is 5.19. The molecule has 0 bridgehead atoms. The van der Waals surface area contributed by atoms with Crippen LogP contribution in [0.15, 0.2) is 0 Å². The average Bonchev–Trinajstić information content (AvgIpc) is 3.19. The summed E-state index contributed by atoms with van der Waals surface area (Å²) in [5.41, 5.74) is -0.409. The van der Waals surface area contributed by atoms with Crippen molar-refractivity contribution < 1.29 is 25.2 Å². The molecule has 0 aromatic heterocycles. The van der Waals surface area contributed by atoms with Gasteiger partial charge in [0.1, 0.15) is 0 Å². The van der Waals surface area contributed by atoms with Gasteiger partial charge in [0.2, 0.25) is 0 Å². The summed E-state index contributed by atoms with van der Waals surface area (Å²) in [6.07, 6.45) is 10.7. The largest absolute Gasteiger partial charge is 0.396 e. The summed E-state index contributed by atoms with van der Waals surface area (Å²) in [6.45, 7) is 15.9. The van der Waals surface area contributed by atoms with Gasteiger partial charge in [-0.3, -0.25) is 0 Å². The SMILES string of the molecule is C[C@H](CCC(C)(C)O)[C@H]1CC[C@H]2[C@]3(C)CC[C@H]4[C@@H](O)[C@@H](OCC(C)(CO)CO)CC[C@]4(C)[C@H]3CC[C@@]21C. The first-order valence-electron chi connectivity index (χ1n) is 15.4. The third-order valence-electron chi connectivity index (χ3n) is 12.7. The van der Waals surface area contributed by atoms with E-state index in [1.54, 1.807) is 0 Å². The van der Waals surface area contributed by atoms with E-state index >= 15 is 0 Å². The van der Waals surface area contributed by atoms with E-state index in [1.165, 1.54) is 32.1 Å². The lowest BCUT2D eigenvalue weighted by molar-refractivity contribution is -0.218. The molecule has 0 spiro atoms. The molecule has 0 aliphatic heterocycles. The molecule has 4 aliphatic rings. The van der Waals surface area contributed by atoms with Gasteiger partial charge in [0.25, 0.3) is 0 Å². The van der Waals surface area contributed by atoms with Crippen molar-refractivity contribution in [2.75, 3.05) is 19.8 Å². The smallest absolute Gasteiger partial charge is 0.0837 e. The molecule has 0 heterocycles. The van der Waals surface area contributed by atoms with Crippen LogP contribution in [0.3, 0.4) is 0 Å². The van der Waals surface area contributed by atoms with Gasteiger partial charge in [-0.25, -0.2) is 0 Å². The second-order valence-electron chi connectivity index (χ2n) is 15.8. The van der Waals surface area contributed by atoms with Crippen LogP contribution < -0.4 is 0 Å². The van der Waals surface area contributed by atoms with Crippen molar-refractivity contribution in [2.24, 2.45) is 51.2 Å². The molecule has 4 fully saturated rings. The molecule has 10 atom stereocenters. The fourth-order valence-corrected chi connectivity index (χ4v) is 10.4. The highest BCUT2D eigenvalue weighted by Crippen LogP contribution is 2.73. The number of hydrogen-bond acceptors (Lipinski definition) is 5. The zero-order valence-corrected chi connectivity index (χ0v) is 24.9. The Morgan fingerprint density at radius 2 is 1.43 bits per heavy atom. The molecule has 216 valence electrons. The number of aliphatic hydroxyl groups excluding tert-OH is 3. The number of fused-ring (bicyclic) bond motifs is 5. The molecule has 0 aromatic rings. The Bertz CT molecular complexity index is 789. The molecule has 0 amide bonds. The number of ether oxygens (including phenoxy) is 1. The van der Waals surface area contributed by atoms with Crippen molar-refractivity contribution in [1.82, 2.24) is 0 Å². The van der Waals surface area contributed by atoms with E-state index in [4.69, 9.17) is 4.74 Å². The highest BCUT2D eigenvalue weighted by molar-refractivity contribution is 5.15. The summed E-state index contributed by atoms with van der Waals surface area (Å²) in [7, 11) is 0.